The monoisotopic (exact) mass is 248 g/mol. The Hall–Kier alpha value is -1.80. The van der Waals surface area contributed by atoms with Crippen molar-refractivity contribution in [2.45, 2.75) is 19.4 Å². The van der Waals surface area contributed by atoms with E-state index in [0.29, 0.717) is 32.6 Å². The Balaban J connectivity index is 2.07. The maximum absolute atomic E-state index is 12.4. The van der Waals surface area contributed by atoms with Crippen molar-refractivity contribution in [3.63, 3.8) is 0 Å². The summed E-state index contributed by atoms with van der Waals surface area (Å²) in [5, 5.41) is 9.32. The third-order valence-corrected chi connectivity index (χ3v) is 3.32. The van der Waals surface area contributed by atoms with Gasteiger partial charge in [-0.25, -0.2) is 0 Å². The third kappa shape index (κ3) is 2.39. The van der Waals surface area contributed by atoms with Crippen molar-refractivity contribution in [2.24, 2.45) is 5.41 Å². The van der Waals surface area contributed by atoms with E-state index in [1.807, 2.05) is 6.07 Å². The first kappa shape index (κ1) is 12.7. The van der Waals surface area contributed by atoms with Crippen LogP contribution in [0.4, 0.5) is 0 Å². The Kier molecular flexibility index (Phi) is 3.68. The maximum atomic E-state index is 12.4. The molecular formula is C13H16N2O3. The second-order valence-electron chi connectivity index (χ2n) is 4.60. The molecule has 5 nitrogen and oxygen atoms in total. The number of rotatable bonds is 3. The zero-order valence-electron chi connectivity index (χ0n) is 10.4. The molecular weight excluding hydrogens is 232 g/mol. The molecule has 2 rings (SSSR count). The van der Waals surface area contributed by atoms with Gasteiger partial charge < -0.3 is 14.1 Å². The van der Waals surface area contributed by atoms with Crippen LogP contribution in [0, 0.1) is 16.7 Å². The van der Waals surface area contributed by atoms with Crippen LogP contribution in [0.5, 0.6) is 0 Å². The summed E-state index contributed by atoms with van der Waals surface area (Å²) in [6.45, 7) is 1.40. The molecule has 0 spiro atoms. The van der Waals surface area contributed by atoms with Crippen molar-refractivity contribution in [1.29, 1.82) is 5.26 Å². The minimum Gasteiger partial charge on any atom is -0.472 e. The van der Waals surface area contributed by atoms with Gasteiger partial charge in [0.25, 0.3) is 0 Å². The molecule has 0 aliphatic carbocycles. The smallest absolute Gasteiger partial charge is 0.243 e. The molecule has 1 aromatic rings. The van der Waals surface area contributed by atoms with Gasteiger partial charge in [0, 0.05) is 32.4 Å². The van der Waals surface area contributed by atoms with Gasteiger partial charge in [0.2, 0.25) is 5.91 Å². The van der Waals surface area contributed by atoms with Gasteiger partial charge in [-0.05, 0) is 18.9 Å². The van der Waals surface area contributed by atoms with Crippen molar-refractivity contribution < 1.29 is 13.9 Å². The molecule has 0 saturated carbocycles. The molecule has 0 bridgehead atoms. The third-order valence-electron chi connectivity index (χ3n) is 3.32. The molecule has 0 atom stereocenters. The summed E-state index contributed by atoms with van der Waals surface area (Å²) in [6, 6.07) is 4.00. The van der Waals surface area contributed by atoms with Gasteiger partial charge >= 0.3 is 0 Å². The van der Waals surface area contributed by atoms with Gasteiger partial charge in [-0.15, -0.1) is 0 Å². The first-order valence-electron chi connectivity index (χ1n) is 5.93. The number of amides is 1. The zero-order chi connectivity index (χ0) is 13.0. The van der Waals surface area contributed by atoms with Crippen LogP contribution in [-0.2, 0) is 16.1 Å². The van der Waals surface area contributed by atoms with Crippen LogP contribution in [0.15, 0.2) is 23.0 Å². The number of nitriles is 1. The van der Waals surface area contributed by atoms with Crippen molar-refractivity contribution in [2.75, 3.05) is 20.3 Å². The minimum atomic E-state index is -0.920. The van der Waals surface area contributed by atoms with Crippen molar-refractivity contribution in [3.05, 3.63) is 24.2 Å². The van der Waals surface area contributed by atoms with E-state index in [9.17, 15) is 10.1 Å². The van der Waals surface area contributed by atoms with Gasteiger partial charge in [-0.3, -0.25) is 4.79 Å². The normalized spacial score (nSPS) is 18.0. The molecule has 1 fully saturated rings. The molecule has 5 heteroatoms. The number of hydrogen-bond donors (Lipinski definition) is 0. The van der Waals surface area contributed by atoms with Crippen LogP contribution in [0.3, 0.4) is 0 Å². The van der Waals surface area contributed by atoms with E-state index >= 15 is 0 Å². The lowest BCUT2D eigenvalue weighted by Crippen LogP contribution is -2.44. The van der Waals surface area contributed by atoms with Crippen molar-refractivity contribution >= 4 is 5.91 Å². The van der Waals surface area contributed by atoms with E-state index in [0.717, 1.165) is 5.56 Å². The number of furan rings is 1. The molecule has 0 unspecified atom stereocenters. The second kappa shape index (κ2) is 5.23. The molecule has 2 heterocycles. The lowest BCUT2D eigenvalue weighted by Gasteiger charge is -2.32. The van der Waals surface area contributed by atoms with Gasteiger partial charge in [0.15, 0.2) is 0 Å². The molecule has 18 heavy (non-hydrogen) atoms. The highest BCUT2D eigenvalue weighted by Crippen LogP contribution is 2.32. The van der Waals surface area contributed by atoms with Gasteiger partial charge in [0.05, 0.1) is 18.6 Å². The number of ether oxygens (including phenoxy) is 1. The largest absolute Gasteiger partial charge is 0.472 e. The average Bonchev–Trinajstić information content (AvgIpc) is 2.91. The predicted octanol–water partition coefficient (Wildman–Crippen LogP) is 1.56. The summed E-state index contributed by atoms with van der Waals surface area (Å²) in [7, 11) is 1.71. The summed E-state index contributed by atoms with van der Waals surface area (Å²) < 4.78 is 10.2. The van der Waals surface area contributed by atoms with Gasteiger partial charge in [-0.1, -0.05) is 0 Å². The highest BCUT2D eigenvalue weighted by Gasteiger charge is 2.42. The highest BCUT2D eigenvalue weighted by atomic mass is 16.5. The van der Waals surface area contributed by atoms with Crippen molar-refractivity contribution in [1.82, 2.24) is 4.90 Å². The first-order chi connectivity index (χ1) is 8.68. The van der Waals surface area contributed by atoms with E-state index < -0.39 is 5.41 Å². The zero-order valence-corrected chi connectivity index (χ0v) is 10.4. The molecule has 0 aromatic carbocycles. The molecule has 1 saturated heterocycles. The van der Waals surface area contributed by atoms with E-state index in [-0.39, 0.29) is 5.91 Å². The number of nitrogens with zero attached hydrogens (tertiary/aromatic N) is 2. The highest BCUT2D eigenvalue weighted by molar-refractivity contribution is 5.85. The SMILES string of the molecule is CN(Cc1ccoc1)C(=O)C1(C#N)CCOCC1. The van der Waals surface area contributed by atoms with Gasteiger partial charge in [-0.2, -0.15) is 5.26 Å². The molecule has 1 amide bonds. The van der Waals surface area contributed by atoms with Crippen LogP contribution < -0.4 is 0 Å². The van der Waals surface area contributed by atoms with E-state index in [1.54, 1.807) is 24.5 Å². The Morgan fingerprint density at radius 2 is 2.28 bits per heavy atom. The molecule has 1 aliphatic heterocycles. The molecule has 0 radical (unpaired) electrons. The number of carbonyl (C=O) groups excluding carboxylic acids is 1. The maximum Gasteiger partial charge on any atom is 0.243 e. The minimum absolute atomic E-state index is 0.130. The lowest BCUT2D eigenvalue weighted by molar-refractivity contribution is -0.142. The Bertz CT molecular complexity index is 441. The quantitative estimate of drug-likeness (QED) is 0.814. The summed E-state index contributed by atoms with van der Waals surface area (Å²) >= 11 is 0. The summed E-state index contributed by atoms with van der Waals surface area (Å²) in [6.07, 6.45) is 4.12. The summed E-state index contributed by atoms with van der Waals surface area (Å²) in [4.78, 5) is 14.0. The Morgan fingerprint density at radius 1 is 1.56 bits per heavy atom. The number of carbonyl (C=O) groups is 1. The Morgan fingerprint density at radius 3 is 2.83 bits per heavy atom. The molecule has 1 aromatic heterocycles. The van der Waals surface area contributed by atoms with E-state index in [4.69, 9.17) is 9.15 Å². The fourth-order valence-electron chi connectivity index (χ4n) is 2.19. The van der Waals surface area contributed by atoms with E-state index in [1.165, 1.54) is 0 Å². The van der Waals surface area contributed by atoms with Crippen molar-refractivity contribution in [3.8, 4) is 6.07 Å². The van der Waals surface area contributed by atoms with Crippen LogP contribution in [-0.4, -0.2) is 31.1 Å². The van der Waals surface area contributed by atoms with Gasteiger partial charge in [0.1, 0.15) is 5.41 Å². The predicted molar refractivity (Wildman–Crippen MR) is 63.3 cm³/mol. The molecule has 1 aliphatic rings. The van der Waals surface area contributed by atoms with E-state index in [2.05, 4.69) is 6.07 Å². The summed E-state index contributed by atoms with van der Waals surface area (Å²) in [5.41, 5.74) is 0.00232. The fourth-order valence-corrected chi connectivity index (χ4v) is 2.19. The van der Waals surface area contributed by atoms with Crippen LogP contribution in [0.1, 0.15) is 18.4 Å². The molecule has 0 N–H and O–H groups in total. The second-order valence-corrected chi connectivity index (χ2v) is 4.60. The van der Waals surface area contributed by atoms with Crippen LogP contribution in [0.2, 0.25) is 0 Å². The number of hydrogen-bond acceptors (Lipinski definition) is 4. The summed E-state index contributed by atoms with van der Waals surface area (Å²) in [5.74, 6) is -0.130. The van der Waals surface area contributed by atoms with Crippen LogP contribution >= 0.6 is 0 Å². The Labute approximate surface area is 106 Å². The average molecular weight is 248 g/mol. The standard InChI is InChI=1S/C13H16N2O3/c1-15(8-11-2-5-18-9-11)12(16)13(10-14)3-6-17-7-4-13/h2,5,9H,3-4,6-8H2,1H3. The fraction of sp³-hybridized carbons (Fsp3) is 0.538. The topological polar surface area (TPSA) is 66.5 Å². The van der Waals surface area contributed by atoms with Crippen LogP contribution in [0.25, 0.3) is 0 Å². The molecule has 96 valence electrons. The lowest BCUT2D eigenvalue weighted by atomic mass is 9.80. The first-order valence-corrected chi connectivity index (χ1v) is 5.93.